The van der Waals surface area contributed by atoms with Crippen LogP contribution in [0.15, 0.2) is 48.5 Å². The van der Waals surface area contributed by atoms with Gasteiger partial charge in [-0.15, -0.1) is 0 Å². The molecule has 1 aliphatic rings. The molecule has 0 fully saturated rings. The third kappa shape index (κ3) is 1.77. The topological polar surface area (TPSA) is 20.2 Å². The van der Waals surface area contributed by atoms with Crippen molar-refractivity contribution < 1.29 is 5.11 Å². The number of rotatable bonds is 1. The van der Waals surface area contributed by atoms with Crippen LogP contribution in [0.1, 0.15) is 23.5 Å². The summed E-state index contributed by atoms with van der Waals surface area (Å²) < 4.78 is 0. The first-order valence-corrected chi connectivity index (χ1v) is 6.18. The Labute approximate surface area is 102 Å². The number of aliphatic hydroxyl groups excluding tert-OH is 1. The number of fused-ring (bicyclic) bond motifs is 3. The molecule has 1 unspecified atom stereocenters. The van der Waals surface area contributed by atoms with Crippen molar-refractivity contribution in [2.45, 2.75) is 18.8 Å². The minimum atomic E-state index is 0.241. The Kier molecular flexibility index (Phi) is 2.69. The number of benzene rings is 2. The summed E-state index contributed by atoms with van der Waals surface area (Å²) in [5.41, 5.74) is 5.31. The molecular formula is C16H16O. The fourth-order valence-electron chi connectivity index (χ4n) is 2.77. The predicted octanol–water partition coefficient (Wildman–Crippen LogP) is 3.38. The Balaban J connectivity index is 2.23. The molecule has 1 N–H and O–H groups in total. The average Bonchev–Trinajstić information content (AvgIpc) is 2.56. The quantitative estimate of drug-likeness (QED) is 0.787. The van der Waals surface area contributed by atoms with Gasteiger partial charge in [0, 0.05) is 12.5 Å². The molecule has 0 saturated carbocycles. The van der Waals surface area contributed by atoms with Gasteiger partial charge in [-0.05, 0) is 35.1 Å². The Morgan fingerprint density at radius 3 is 2.47 bits per heavy atom. The van der Waals surface area contributed by atoms with Gasteiger partial charge >= 0.3 is 0 Å². The van der Waals surface area contributed by atoms with Crippen LogP contribution in [0.5, 0.6) is 0 Å². The van der Waals surface area contributed by atoms with Crippen molar-refractivity contribution in [3.05, 3.63) is 59.7 Å². The molecular weight excluding hydrogens is 208 g/mol. The van der Waals surface area contributed by atoms with E-state index in [0.29, 0.717) is 0 Å². The molecule has 0 bridgehead atoms. The monoisotopic (exact) mass is 224 g/mol. The molecule has 17 heavy (non-hydrogen) atoms. The molecule has 1 aliphatic carbocycles. The first-order valence-electron chi connectivity index (χ1n) is 6.18. The molecule has 3 rings (SSSR count). The highest BCUT2D eigenvalue weighted by Gasteiger charge is 2.20. The second-order valence-electron chi connectivity index (χ2n) is 4.66. The molecule has 1 atom stereocenters. The third-order valence-corrected chi connectivity index (χ3v) is 3.69. The summed E-state index contributed by atoms with van der Waals surface area (Å²) in [4.78, 5) is 0. The van der Waals surface area contributed by atoms with Crippen molar-refractivity contribution in [1.29, 1.82) is 0 Å². The first kappa shape index (κ1) is 10.5. The molecule has 0 radical (unpaired) electrons. The molecule has 2 aromatic carbocycles. The Morgan fingerprint density at radius 1 is 0.941 bits per heavy atom. The van der Waals surface area contributed by atoms with Crippen LogP contribution < -0.4 is 0 Å². The van der Waals surface area contributed by atoms with Gasteiger partial charge in [0.2, 0.25) is 0 Å². The fraction of sp³-hybridized carbons (Fsp3) is 0.250. The van der Waals surface area contributed by atoms with E-state index in [0.717, 1.165) is 12.8 Å². The third-order valence-electron chi connectivity index (χ3n) is 3.69. The van der Waals surface area contributed by atoms with Gasteiger partial charge < -0.3 is 5.11 Å². The minimum Gasteiger partial charge on any atom is -0.396 e. The highest BCUT2D eigenvalue weighted by Crippen LogP contribution is 2.37. The molecule has 0 aliphatic heterocycles. The van der Waals surface area contributed by atoms with Gasteiger partial charge in [0.15, 0.2) is 0 Å². The lowest BCUT2D eigenvalue weighted by Crippen LogP contribution is -2.04. The van der Waals surface area contributed by atoms with Crippen LogP contribution in [0.4, 0.5) is 0 Å². The second kappa shape index (κ2) is 4.34. The molecule has 0 spiro atoms. The lowest BCUT2D eigenvalue weighted by Gasteiger charge is -2.14. The molecule has 0 aromatic heterocycles. The summed E-state index contributed by atoms with van der Waals surface area (Å²) in [6.07, 6.45) is 2.08. The Bertz CT molecular complexity index is 531. The van der Waals surface area contributed by atoms with E-state index in [1.54, 1.807) is 0 Å². The van der Waals surface area contributed by atoms with E-state index in [2.05, 4.69) is 48.5 Å². The summed E-state index contributed by atoms with van der Waals surface area (Å²) in [6.45, 7) is 0.241. The van der Waals surface area contributed by atoms with Gasteiger partial charge in [0.25, 0.3) is 0 Å². The fourth-order valence-corrected chi connectivity index (χ4v) is 2.77. The molecule has 0 saturated heterocycles. The van der Waals surface area contributed by atoms with Crippen molar-refractivity contribution >= 4 is 0 Å². The van der Waals surface area contributed by atoms with Gasteiger partial charge in [-0.2, -0.15) is 0 Å². The van der Waals surface area contributed by atoms with Crippen LogP contribution in [0, 0.1) is 0 Å². The van der Waals surface area contributed by atoms with E-state index < -0.39 is 0 Å². The van der Waals surface area contributed by atoms with E-state index >= 15 is 0 Å². The van der Waals surface area contributed by atoms with Crippen molar-refractivity contribution in [3.63, 3.8) is 0 Å². The van der Waals surface area contributed by atoms with Gasteiger partial charge in [-0.25, -0.2) is 0 Å². The number of hydrogen-bond acceptors (Lipinski definition) is 1. The minimum absolute atomic E-state index is 0.241. The summed E-state index contributed by atoms with van der Waals surface area (Å²) in [6, 6.07) is 17.0. The van der Waals surface area contributed by atoms with Crippen molar-refractivity contribution in [1.82, 2.24) is 0 Å². The summed E-state index contributed by atoms with van der Waals surface area (Å²) in [5.74, 6) is 0.276. The molecule has 1 heteroatoms. The van der Waals surface area contributed by atoms with Crippen LogP contribution in [-0.4, -0.2) is 11.7 Å². The normalized spacial score (nSPS) is 18.1. The highest BCUT2D eigenvalue weighted by molar-refractivity contribution is 5.72. The lowest BCUT2D eigenvalue weighted by molar-refractivity contribution is 0.260. The number of aryl methyl sites for hydroxylation is 1. The SMILES string of the molecule is OCC1CCc2ccccc2-c2ccccc21. The number of hydrogen-bond donors (Lipinski definition) is 1. The Morgan fingerprint density at radius 2 is 1.65 bits per heavy atom. The second-order valence-corrected chi connectivity index (χ2v) is 4.66. The van der Waals surface area contributed by atoms with Crippen LogP contribution in [0.25, 0.3) is 11.1 Å². The van der Waals surface area contributed by atoms with Crippen molar-refractivity contribution in [3.8, 4) is 11.1 Å². The maximum absolute atomic E-state index is 9.54. The van der Waals surface area contributed by atoms with E-state index in [1.165, 1.54) is 22.3 Å². The maximum atomic E-state index is 9.54. The standard InChI is InChI=1S/C16H16O/c17-11-13-10-9-12-5-1-2-6-14(12)16-8-4-3-7-15(13)16/h1-8,13,17H,9-11H2. The van der Waals surface area contributed by atoms with E-state index in [1.807, 2.05) is 0 Å². The first-order chi connectivity index (χ1) is 8.40. The molecule has 86 valence electrons. The molecule has 2 aromatic rings. The van der Waals surface area contributed by atoms with Crippen LogP contribution >= 0.6 is 0 Å². The van der Waals surface area contributed by atoms with Crippen molar-refractivity contribution in [2.24, 2.45) is 0 Å². The zero-order valence-electron chi connectivity index (χ0n) is 9.76. The van der Waals surface area contributed by atoms with Gasteiger partial charge in [-0.1, -0.05) is 48.5 Å². The molecule has 0 amide bonds. The van der Waals surface area contributed by atoms with E-state index in [9.17, 15) is 5.11 Å². The van der Waals surface area contributed by atoms with Gasteiger partial charge in [-0.3, -0.25) is 0 Å². The zero-order chi connectivity index (χ0) is 11.7. The summed E-state index contributed by atoms with van der Waals surface area (Å²) in [7, 11) is 0. The predicted molar refractivity (Wildman–Crippen MR) is 70.0 cm³/mol. The number of aliphatic hydroxyl groups is 1. The average molecular weight is 224 g/mol. The largest absolute Gasteiger partial charge is 0.396 e. The van der Waals surface area contributed by atoms with Crippen molar-refractivity contribution in [2.75, 3.05) is 6.61 Å². The summed E-state index contributed by atoms with van der Waals surface area (Å²) >= 11 is 0. The van der Waals surface area contributed by atoms with Crippen LogP contribution in [0.3, 0.4) is 0 Å². The Hall–Kier alpha value is -1.60. The maximum Gasteiger partial charge on any atom is 0.0500 e. The summed E-state index contributed by atoms with van der Waals surface area (Å²) in [5, 5.41) is 9.54. The molecule has 1 nitrogen and oxygen atoms in total. The highest BCUT2D eigenvalue weighted by atomic mass is 16.3. The molecule has 0 heterocycles. The van der Waals surface area contributed by atoms with Gasteiger partial charge in [0.1, 0.15) is 0 Å². The smallest absolute Gasteiger partial charge is 0.0500 e. The lowest BCUT2D eigenvalue weighted by atomic mass is 9.92. The van der Waals surface area contributed by atoms with Crippen LogP contribution in [0.2, 0.25) is 0 Å². The van der Waals surface area contributed by atoms with Gasteiger partial charge in [0.05, 0.1) is 0 Å². The zero-order valence-corrected chi connectivity index (χ0v) is 9.76. The van der Waals surface area contributed by atoms with Crippen LogP contribution in [-0.2, 0) is 6.42 Å². The van der Waals surface area contributed by atoms with E-state index in [4.69, 9.17) is 0 Å². The van der Waals surface area contributed by atoms with E-state index in [-0.39, 0.29) is 12.5 Å².